The van der Waals surface area contributed by atoms with Crippen LogP contribution in [-0.4, -0.2) is 70.9 Å². The number of thioether (sulfide) groups is 1. The Kier molecular flexibility index (Phi) is 13.6. The fraction of sp³-hybridized carbons (Fsp3) is 0.542. The predicted octanol–water partition coefficient (Wildman–Crippen LogP) is -0.230. The van der Waals surface area contributed by atoms with E-state index in [2.05, 4.69) is 16.0 Å². The molecule has 0 aliphatic rings. The number of carbonyl (C=O) groups excluding carboxylic acids is 4. The quantitative estimate of drug-likeness (QED) is 0.171. The van der Waals surface area contributed by atoms with Gasteiger partial charge < -0.3 is 32.5 Å². The molecule has 12 heteroatoms. The molecule has 4 amide bonds. The number of hydrogen-bond donors (Lipinski definition) is 6. The average Bonchev–Trinajstić information content (AvgIpc) is 2.82. The van der Waals surface area contributed by atoms with Gasteiger partial charge in [-0.05, 0) is 36.3 Å². The molecule has 36 heavy (non-hydrogen) atoms. The van der Waals surface area contributed by atoms with Crippen molar-refractivity contribution in [2.45, 2.75) is 63.7 Å². The van der Waals surface area contributed by atoms with Crippen molar-refractivity contribution in [1.29, 1.82) is 0 Å². The highest BCUT2D eigenvalue weighted by atomic mass is 32.2. The minimum atomic E-state index is -1.17. The molecule has 0 aliphatic carbocycles. The summed E-state index contributed by atoms with van der Waals surface area (Å²) in [6, 6.07) is 4.71. The first-order chi connectivity index (χ1) is 17.0. The van der Waals surface area contributed by atoms with Gasteiger partial charge in [0.05, 0.1) is 6.04 Å². The molecular weight excluding hydrogens is 486 g/mol. The molecule has 0 heterocycles. The van der Waals surface area contributed by atoms with E-state index in [4.69, 9.17) is 11.5 Å². The summed E-state index contributed by atoms with van der Waals surface area (Å²) in [6.07, 6.45) is 2.12. The first-order valence-electron chi connectivity index (χ1n) is 11.7. The zero-order chi connectivity index (χ0) is 27.3. The smallest absolute Gasteiger partial charge is 0.326 e. The van der Waals surface area contributed by atoms with Crippen molar-refractivity contribution in [3.8, 4) is 0 Å². The normalized spacial score (nSPS) is 14.2. The fourth-order valence-corrected chi connectivity index (χ4v) is 3.78. The summed E-state index contributed by atoms with van der Waals surface area (Å²) >= 11 is 1.46. The molecule has 4 atom stereocenters. The maximum Gasteiger partial charge on any atom is 0.326 e. The Morgan fingerprint density at radius 3 is 2.06 bits per heavy atom. The Balaban J connectivity index is 3.04. The number of amides is 4. The van der Waals surface area contributed by atoms with Crippen LogP contribution in [0.25, 0.3) is 0 Å². The molecule has 0 radical (unpaired) electrons. The summed E-state index contributed by atoms with van der Waals surface area (Å²) in [5.74, 6) is -3.48. The zero-order valence-electron chi connectivity index (χ0n) is 20.9. The fourth-order valence-electron chi connectivity index (χ4n) is 3.31. The number of carboxylic acids is 1. The van der Waals surface area contributed by atoms with Gasteiger partial charge >= 0.3 is 5.97 Å². The van der Waals surface area contributed by atoms with E-state index >= 15 is 0 Å². The lowest BCUT2D eigenvalue weighted by Crippen LogP contribution is -2.59. The predicted molar refractivity (Wildman–Crippen MR) is 138 cm³/mol. The first kappa shape index (κ1) is 30.9. The summed E-state index contributed by atoms with van der Waals surface area (Å²) in [5, 5.41) is 17.2. The third-order valence-electron chi connectivity index (χ3n) is 5.43. The Bertz CT molecular complexity index is 898. The van der Waals surface area contributed by atoms with Crippen molar-refractivity contribution in [3.05, 3.63) is 35.9 Å². The standard InChI is InChI=1S/C24H37N5O6S/c1-14(2)20(29-21(31)16(25)9-10-19(26)30)23(33)28-18(13-15-7-5-4-6-8-15)22(32)27-17(24(34)35)11-12-36-3/h4-8,14,16-18,20H,9-13,25H2,1-3H3,(H2,26,30)(H,27,32)(H,28,33)(H,29,31)(H,34,35). The van der Waals surface area contributed by atoms with E-state index in [-0.39, 0.29) is 31.6 Å². The number of hydrogen-bond acceptors (Lipinski definition) is 7. The summed E-state index contributed by atoms with van der Waals surface area (Å²) in [7, 11) is 0. The minimum absolute atomic E-state index is 0.0270. The first-order valence-corrected chi connectivity index (χ1v) is 13.1. The Hall–Kier alpha value is -3.12. The lowest BCUT2D eigenvalue weighted by Gasteiger charge is -2.27. The molecule has 0 aliphatic heterocycles. The minimum Gasteiger partial charge on any atom is -0.480 e. The molecule has 1 aromatic rings. The van der Waals surface area contributed by atoms with Crippen molar-refractivity contribution in [1.82, 2.24) is 16.0 Å². The van der Waals surface area contributed by atoms with Gasteiger partial charge in [-0.3, -0.25) is 19.2 Å². The number of carbonyl (C=O) groups is 5. The largest absolute Gasteiger partial charge is 0.480 e. The molecule has 0 spiro atoms. The number of nitrogens with two attached hydrogens (primary N) is 2. The molecule has 0 fully saturated rings. The number of aliphatic carboxylic acids is 1. The van der Waals surface area contributed by atoms with Crippen LogP contribution >= 0.6 is 11.8 Å². The maximum atomic E-state index is 13.2. The number of primary amides is 1. The van der Waals surface area contributed by atoms with Crippen molar-refractivity contribution in [2.75, 3.05) is 12.0 Å². The highest BCUT2D eigenvalue weighted by Crippen LogP contribution is 2.09. The second kappa shape index (κ2) is 15.8. The Morgan fingerprint density at radius 1 is 0.917 bits per heavy atom. The zero-order valence-corrected chi connectivity index (χ0v) is 21.7. The molecule has 0 saturated heterocycles. The Labute approximate surface area is 215 Å². The number of benzene rings is 1. The second-order valence-corrected chi connectivity index (χ2v) is 9.76. The van der Waals surface area contributed by atoms with Crippen LogP contribution in [0.15, 0.2) is 30.3 Å². The van der Waals surface area contributed by atoms with Crippen LogP contribution < -0.4 is 27.4 Å². The molecule has 1 rings (SSSR count). The topological polar surface area (TPSA) is 194 Å². The molecule has 1 aromatic carbocycles. The van der Waals surface area contributed by atoms with Gasteiger partial charge in [0.1, 0.15) is 18.1 Å². The van der Waals surface area contributed by atoms with Gasteiger partial charge in [0.25, 0.3) is 0 Å². The molecule has 0 saturated carbocycles. The summed E-state index contributed by atoms with van der Waals surface area (Å²) in [5.41, 5.74) is 11.7. The molecule has 11 nitrogen and oxygen atoms in total. The molecular formula is C24H37N5O6S. The molecule has 200 valence electrons. The van der Waals surface area contributed by atoms with E-state index in [9.17, 15) is 29.1 Å². The highest BCUT2D eigenvalue weighted by molar-refractivity contribution is 7.98. The highest BCUT2D eigenvalue weighted by Gasteiger charge is 2.31. The third kappa shape index (κ3) is 11.1. The summed E-state index contributed by atoms with van der Waals surface area (Å²) < 4.78 is 0. The van der Waals surface area contributed by atoms with E-state index in [0.717, 1.165) is 5.56 Å². The molecule has 8 N–H and O–H groups in total. The van der Waals surface area contributed by atoms with Crippen molar-refractivity contribution >= 4 is 41.4 Å². The molecule has 0 aromatic heterocycles. The van der Waals surface area contributed by atoms with E-state index in [0.29, 0.717) is 5.75 Å². The van der Waals surface area contributed by atoms with Crippen LogP contribution in [0, 0.1) is 5.92 Å². The van der Waals surface area contributed by atoms with Crippen LogP contribution in [0.2, 0.25) is 0 Å². The van der Waals surface area contributed by atoms with Gasteiger partial charge in [0.2, 0.25) is 23.6 Å². The van der Waals surface area contributed by atoms with Crippen LogP contribution in [0.1, 0.15) is 38.7 Å². The summed E-state index contributed by atoms with van der Waals surface area (Å²) in [6.45, 7) is 3.43. The van der Waals surface area contributed by atoms with Crippen molar-refractivity contribution < 1.29 is 29.1 Å². The monoisotopic (exact) mass is 523 g/mol. The number of rotatable bonds is 16. The number of carboxylic acid groups (broad SMARTS) is 1. The third-order valence-corrected chi connectivity index (χ3v) is 6.07. The van der Waals surface area contributed by atoms with Gasteiger partial charge in [-0.25, -0.2) is 4.79 Å². The average molecular weight is 524 g/mol. The van der Waals surface area contributed by atoms with E-state index in [1.165, 1.54) is 11.8 Å². The lowest BCUT2D eigenvalue weighted by atomic mass is 10.00. The van der Waals surface area contributed by atoms with Crippen LogP contribution in [0.3, 0.4) is 0 Å². The maximum absolute atomic E-state index is 13.2. The van der Waals surface area contributed by atoms with E-state index in [1.807, 2.05) is 12.3 Å². The van der Waals surface area contributed by atoms with Gasteiger partial charge in [-0.1, -0.05) is 44.2 Å². The molecule has 0 bridgehead atoms. The van der Waals surface area contributed by atoms with E-state index in [1.54, 1.807) is 38.1 Å². The summed E-state index contributed by atoms with van der Waals surface area (Å²) in [4.78, 5) is 61.3. The van der Waals surface area contributed by atoms with Crippen LogP contribution in [-0.2, 0) is 30.4 Å². The van der Waals surface area contributed by atoms with Gasteiger partial charge in [-0.2, -0.15) is 11.8 Å². The number of nitrogens with one attached hydrogen (secondary N) is 3. The van der Waals surface area contributed by atoms with Gasteiger partial charge in [0, 0.05) is 12.8 Å². The Morgan fingerprint density at radius 2 is 1.53 bits per heavy atom. The van der Waals surface area contributed by atoms with Crippen molar-refractivity contribution in [3.63, 3.8) is 0 Å². The van der Waals surface area contributed by atoms with Gasteiger partial charge in [0.15, 0.2) is 0 Å². The molecule has 4 unspecified atom stereocenters. The van der Waals surface area contributed by atoms with Crippen LogP contribution in [0.5, 0.6) is 0 Å². The van der Waals surface area contributed by atoms with Crippen LogP contribution in [0.4, 0.5) is 0 Å². The second-order valence-electron chi connectivity index (χ2n) is 8.77. The SMILES string of the molecule is CSCCC(NC(=O)C(Cc1ccccc1)NC(=O)C(NC(=O)C(N)CCC(N)=O)C(C)C)C(=O)O. The lowest BCUT2D eigenvalue weighted by molar-refractivity contribution is -0.142. The van der Waals surface area contributed by atoms with E-state index < -0.39 is 53.8 Å². The van der Waals surface area contributed by atoms with Crippen molar-refractivity contribution in [2.24, 2.45) is 17.4 Å². The van der Waals surface area contributed by atoms with Gasteiger partial charge in [-0.15, -0.1) is 0 Å².